The molecule has 4 heterocycles. The third kappa shape index (κ3) is 4.78. The van der Waals surface area contributed by atoms with Crippen molar-refractivity contribution in [2.24, 2.45) is 0 Å². The minimum atomic E-state index is -0.262. The van der Waals surface area contributed by atoms with E-state index in [1.165, 1.54) is 15.9 Å². The number of aryl methyl sites for hydroxylation is 3. The van der Waals surface area contributed by atoms with Gasteiger partial charge in [-0.3, -0.25) is 9.59 Å². The first kappa shape index (κ1) is 22.4. The SMILES string of the molecule is Cc1cc(C(=O)Nc2cccc(Oc3ccc4nc(NC(=O)c5sccc5C)cn4n3)c2)c(C)o1. The third-order valence-corrected chi connectivity index (χ3v) is 6.22. The van der Waals surface area contributed by atoms with Crippen molar-refractivity contribution in [1.82, 2.24) is 14.6 Å². The number of rotatable bonds is 6. The molecular weight excluding hydrogens is 466 g/mol. The summed E-state index contributed by atoms with van der Waals surface area (Å²) in [5.41, 5.74) is 2.53. The number of carbonyl (C=O) groups excluding carboxylic acids is 2. The predicted octanol–water partition coefficient (Wildman–Crippen LogP) is 5.61. The van der Waals surface area contributed by atoms with Crippen molar-refractivity contribution in [3.63, 3.8) is 0 Å². The van der Waals surface area contributed by atoms with Gasteiger partial charge in [0, 0.05) is 17.8 Å². The Balaban J connectivity index is 1.29. The summed E-state index contributed by atoms with van der Waals surface area (Å²) in [6, 6.07) is 14.0. The number of aromatic nitrogens is 3. The maximum absolute atomic E-state index is 12.6. The molecule has 0 saturated heterocycles. The Morgan fingerprint density at radius 1 is 1.03 bits per heavy atom. The van der Waals surface area contributed by atoms with Crippen LogP contribution in [0.3, 0.4) is 0 Å². The molecule has 1 aromatic carbocycles. The van der Waals surface area contributed by atoms with Crippen LogP contribution in [0.5, 0.6) is 11.6 Å². The Bertz CT molecular complexity index is 1570. The average Bonchev–Trinajstić information content (AvgIpc) is 3.51. The number of anilines is 2. The lowest BCUT2D eigenvalue weighted by atomic mass is 10.2. The average molecular weight is 488 g/mol. The van der Waals surface area contributed by atoms with E-state index in [4.69, 9.17) is 9.15 Å². The van der Waals surface area contributed by atoms with Crippen molar-refractivity contribution in [3.05, 3.63) is 87.6 Å². The van der Waals surface area contributed by atoms with Crippen LogP contribution in [-0.4, -0.2) is 26.4 Å². The van der Waals surface area contributed by atoms with E-state index >= 15 is 0 Å². The number of nitrogens with zero attached hydrogens (tertiary/aromatic N) is 3. The standard InChI is InChI=1S/C25H21N5O4S/c1-14-9-10-35-23(14)25(32)28-20-13-30-21(27-20)7-8-22(29-30)34-18-6-4-5-17(12-18)26-24(31)19-11-15(2)33-16(19)3/h4-13H,1-3H3,(H,26,31)(H,28,32). The number of hydrogen-bond donors (Lipinski definition) is 2. The van der Waals surface area contributed by atoms with Gasteiger partial charge in [0.25, 0.3) is 11.8 Å². The van der Waals surface area contributed by atoms with Crippen molar-refractivity contribution < 1.29 is 18.7 Å². The Morgan fingerprint density at radius 2 is 1.89 bits per heavy atom. The van der Waals surface area contributed by atoms with E-state index in [0.29, 0.717) is 50.7 Å². The molecule has 0 unspecified atom stereocenters. The maximum atomic E-state index is 12.6. The summed E-state index contributed by atoms with van der Waals surface area (Å²) in [6.07, 6.45) is 1.62. The van der Waals surface area contributed by atoms with Gasteiger partial charge in [0.1, 0.15) is 17.3 Å². The highest BCUT2D eigenvalue weighted by molar-refractivity contribution is 7.12. The number of nitrogens with one attached hydrogen (secondary N) is 2. The molecule has 2 N–H and O–H groups in total. The van der Waals surface area contributed by atoms with E-state index in [9.17, 15) is 9.59 Å². The van der Waals surface area contributed by atoms with Gasteiger partial charge in [-0.2, -0.15) is 0 Å². The van der Waals surface area contributed by atoms with Gasteiger partial charge >= 0.3 is 0 Å². The lowest BCUT2D eigenvalue weighted by molar-refractivity contribution is 0.101. The summed E-state index contributed by atoms with van der Waals surface area (Å²) in [4.78, 5) is 30.1. The van der Waals surface area contributed by atoms with Gasteiger partial charge in [0.05, 0.1) is 16.6 Å². The first-order chi connectivity index (χ1) is 16.9. The Kier molecular flexibility index (Phi) is 5.79. The number of fused-ring (bicyclic) bond motifs is 1. The van der Waals surface area contributed by atoms with Crippen LogP contribution in [0.4, 0.5) is 11.5 Å². The number of amides is 2. The molecular formula is C25H21N5O4S. The molecule has 0 spiro atoms. The Hall–Kier alpha value is -4.44. The third-order valence-electron chi connectivity index (χ3n) is 5.21. The second-order valence-electron chi connectivity index (χ2n) is 7.90. The maximum Gasteiger partial charge on any atom is 0.267 e. The van der Waals surface area contributed by atoms with Crippen LogP contribution in [0.1, 0.15) is 37.1 Å². The number of hydrogen-bond acceptors (Lipinski definition) is 7. The Morgan fingerprint density at radius 3 is 2.63 bits per heavy atom. The molecule has 0 aliphatic rings. The molecule has 0 aliphatic carbocycles. The van der Waals surface area contributed by atoms with E-state index in [0.717, 1.165) is 5.56 Å². The van der Waals surface area contributed by atoms with Crippen molar-refractivity contribution in [1.29, 1.82) is 0 Å². The smallest absolute Gasteiger partial charge is 0.267 e. The molecule has 0 bridgehead atoms. The van der Waals surface area contributed by atoms with Crippen molar-refractivity contribution in [2.75, 3.05) is 10.6 Å². The highest BCUT2D eigenvalue weighted by atomic mass is 32.1. The van der Waals surface area contributed by atoms with Crippen LogP contribution >= 0.6 is 11.3 Å². The topological polar surface area (TPSA) is 111 Å². The number of carbonyl (C=O) groups is 2. The molecule has 5 rings (SSSR count). The molecule has 176 valence electrons. The predicted molar refractivity (Wildman–Crippen MR) is 133 cm³/mol. The zero-order chi connectivity index (χ0) is 24.5. The van der Waals surface area contributed by atoms with E-state index in [-0.39, 0.29) is 11.8 Å². The Labute approximate surface area is 204 Å². The zero-order valence-corrected chi connectivity index (χ0v) is 20.0. The summed E-state index contributed by atoms with van der Waals surface area (Å²) in [7, 11) is 0. The van der Waals surface area contributed by atoms with Gasteiger partial charge in [0.15, 0.2) is 11.5 Å². The molecule has 0 saturated carbocycles. The van der Waals surface area contributed by atoms with Gasteiger partial charge < -0.3 is 19.8 Å². The molecule has 4 aromatic heterocycles. The fourth-order valence-corrected chi connectivity index (χ4v) is 4.39. The van der Waals surface area contributed by atoms with Crippen LogP contribution in [0.2, 0.25) is 0 Å². The number of furan rings is 1. The highest BCUT2D eigenvalue weighted by Crippen LogP contribution is 2.25. The van der Waals surface area contributed by atoms with Gasteiger partial charge in [-0.1, -0.05) is 6.07 Å². The van der Waals surface area contributed by atoms with Crippen molar-refractivity contribution in [3.8, 4) is 11.6 Å². The fraction of sp³-hybridized carbons (Fsp3) is 0.120. The molecule has 0 atom stereocenters. The van der Waals surface area contributed by atoms with Crippen molar-refractivity contribution in [2.45, 2.75) is 20.8 Å². The largest absolute Gasteiger partial charge is 0.466 e. The molecule has 35 heavy (non-hydrogen) atoms. The van der Waals surface area contributed by atoms with E-state index in [1.54, 1.807) is 62.5 Å². The molecule has 0 aliphatic heterocycles. The van der Waals surface area contributed by atoms with Gasteiger partial charge in [-0.15, -0.1) is 16.4 Å². The quantitative estimate of drug-likeness (QED) is 0.322. The molecule has 5 aromatic rings. The first-order valence-electron chi connectivity index (χ1n) is 10.7. The first-order valence-corrected chi connectivity index (χ1v) is 11.6. The summed E-state index contributed by atoms with van der Waals surface area (Å²) in [6.45, 7) is 5.43. The number of imidazole rings is 1. The van der Waals surface area contributed by atoms with E-state index in [1.807, 2.05) is 18.4 Å². The lowest BCUT2D eigenvalue weighted by Crippen LogP contribution is -2.12. The second kappa shape index (κ2) is 9.07. The van der Waals surface area contributed by atoms with E-state index in [2.05, 4.69) is 20.7 Å². The van der Waals surface area contributed by atoms with Gasteiger partial charge in [-0.05, 0) is 62.0 Å². The van der Waals surface area contributed by atoms with Crippen LogP contribution < -0.4 is 15.4 Å². The number of ether oxygens (including phenoxy) is 1. The van der Waals surface area contributed by atoms with Crippen LogP contribution in [0, 0.1) is 20.8 Å². The summed E-state index contributed by atoms with van der Waals surface area (Å²) < 4.78 is 12.9. The summed E-state index contributed by atoms with van der Waals surface area (Å²) in [5, 5.41) is 11.9. The molecule has 9 nitrogen and oxygen atoms in total. The molecule has 0 radical (unpaired) electrons. The lowest BCUT2D eigenvalue weighted by Gasteiger charge is -2.08. The minimum Gasteiger partial charge on any atom is -0.466 e. The van der Waals surface area contributed by atoms with Gasteiger partial charge in [0.2, 0.25) is 5.88 Å². The number of thiophene rings is 1. The molecule has 2 amide bonds. The fourth-order valence-electron chi connectivity index (χ4n) is 3.57. The monoisotopic (exact) mass is 487 g/mol. The van der Waals surface area contributed by atoms with E-state index < -0.39 is 0 Å². The van der Waals surface area contributed by atoms with Gasteiger partial charge in [-0.25, -0.2) is 9.50 Å². The minimum absolute atomic E-state index is 0.211. The normalized spacial score (nSPS) is 10.9. The highest BCUT2D eigenvalue weighted by Gasteiger charge is 2.15. The van der Waals surface area contributed by atoms with Crippen LogP contribution in [0.25, 0.3) is 5.65 Å². The summed E-state index contributed by atoms with van der Waals surface area (Å²) in [5.74, 6) is 1.98. The molecule has 10 heteroatoms. The zero-order valence-electron chi connectivity index (χ0n) is 19.2. The summed E-state index contributed by atoms with van der Waals surface area (Å²) >= 11 is 1.38. The number of benzene rings is 1. The van der Waals surface area contributed by atoms with Crippen LogP contribution in [-0.2, 0) is 0 Å². The second-order valence-corrected chi connectivity index (χ2v) is 8.81. The van der Waals surface area contributed by atoms with Crippen molar-refractivity contribution >= 4 is 40.3 Å². The van der Waals surface area contributed by atoms with Crippen LogP contribution in [0.15, 0.2) is 64.5 Å². The molecule has 0 fully saturated rings.